The lowest BCUT2D eigenvalue weighted by molar-refractivity contribution is -0.127. The van der Waals surface area contributed by atoms with Gasteiger partial charge in [-0.2, -0.15) is 11.3 Å². The Labute approximate surface area is 169 Å². The Hall–Kier alpha value is -1.61. The molecular formula is C17H17ClN4OS3. The molecule has 3 aromatic rings. The molecular weight excluding hydrogens is 408 g/mol. The third-order valence-corrected chi connectivity index (χ3v) is 6.76. The maximum absolute atomic E-state index is 12.3. The quantitative estimate of drug-likeness (QED) is 0.537. The summed E-state index contributed by atoms with van der Waals surface area (Å²) in [6.45, 7) is 2.57. The van der Waals surface area contributed by atoms with Crippen molar-refractivity contribution in [2.24, 2.45) is 0 Å². The van der Waals surface area contributed by atoms with Crippen LogP contribution in [-0.2, 0) is 11.3 Å². The van der Waals surface area contributed by atoms with E-state index >= 15 is 0 Å². The van der Waals surface area contributed by atoms with E-state index in [4.69, 9.17) is 11.6 Å². The zero-order valence-corrected chi connectivity index (χ0v) is 17.4. The van der Waals surface area contributed by atoms with Crippen molar-refractivity contribution < 1.29 is 4.79 Å². The molecule has 9 heteroatoms. The summed E-state index contributed by atoms with van der Waals surface area (Å²) < 4.78 is 0.754. The van der Waals surface area contributed by atoms with Crippen LogP contribution in [0.15, 0.2) is 39.4 Å². The molecule has 2 heterocycles. The van der Waals surface area contributed by atoms with Crippen LogP contribution in [0.4, 0.5) is 10.8 Å². The molecule has 0 aliphatic rings. The first-order valence-corrected chi connectivity index (χ1v) is 10.9. The molecule has 0 spiro atoms. The Bertz CT molecular complexity index is 882. The average Bonchev–Trinajstić information content (AvgIpc) is 3.29. The van der Waals surface area contributed by atoms with Crippen molar-refractivity contribution >= 4 is 62.8 Å². The predicted octanol–water partition coefficient (Wildman–Crippen LogP) is 5.06. The molecule has 0 unspecified atom stereocenters. The van der Waals surface area contributed by atoms with Gasteiger partial charge in [-0.3, -0.25) is 4.79 Å². The van der Waals surface area contributed by atoms with Gasteiger partial charge in [0, 0.05) is 24.3 Å². The van der Waals surface area contributed by atoms with Crippen LogP contribution in [0.1, 0.15) is 11.1 Å². The lowest BCUT2D eigenvalue weighted by Crippen LogP contribution is -2.27. The number of nitrogens with zero attached hydrogens (tertiary/aromatic N) is 3. The van der Waals surface area contributed by atoms with Crippen molar-refractivity contribution in [2.45, 2.75) is 17.8 Å². The molecule has 1 aromatic carbocycles. The van der Waals surface area contributed by atoms with Crippen LogP contribution in [0, 0.1) is 6.92 Å². The Balaban J connectivity index is 1.53. The van der Waals surface area contributed by atoms with Gasteiger partial charge in [-0.1, -0.05) is 40.8 Å². The SMILES string of the molecule is Cc1c(Cl)cccc1Nc1nnc(SCC(=O)N(C)Cc2ccsc2)s1. The number of halogens is 1. The standard InChI is InChI=1S/C17H17ClN4OS3/c1-11-13(18)4-3-5-14(11)19-16-20-21-17(26-16)25-10-15(23)22(2)8-12-6-7-24-9-12/h3-7,9H,8,10H2,1-2H3,(H,19,20). The van der Waals surface area contributed by atoms with E-state index in [-0.39, 0.29) is 5.91 Å². The highest BCUT2D eigenvalue weighted by molar-refractivity contribution is 8.01. The van der Waals surface area contributed by atoms with Crippen molar-refractivity contribution in [2.75, 3.05) is 18.1 Å². The number of carbonyl (C=O) groups is 1. The lowest BCUT2D eigenvalue weighted by Gasteiger charge is -2.15. The maximum Gasteiger partial charge on any atom is 0.233 e. The van der Waals surface area contributed by atoms with E-state index in [0.29, 0.717) is 22.5 Å². The first-order valence-electron chi connectivity index (χ1n) is 7.76. The summed E-state index contributed by atoms with van der Waals surface area (Å²) in [6.07, 6.45) is 0. The maximum atomic E-state index is 12.3. The zero-order valence-electron chi connectivity index (χ0n) is 14.2. The van der Waals surface area contributed by atoms with Gasteiger partial charge >= 0.3 is 0 Å². The number of carbonyl (C=O) groups excluding carboxylic acids is 1. The van der Waals surface area contributed by atoms with Gasteiger partial charge in [-0.15, -0.1) is 10.2 Å². The molecule has 0 atom stereocenters. The van der Waals surface area contributed by atoms with Crippen LogP contribution >= 0.6 is 46.0 Å². The van der Waals surface area contributed by atoms with Crippen LogP contribution in [0.25, 0.3) is 0 Å². The molecule has 5 nitrogen and oxygen atoms in total. The van der Waals surface area contributed by atoms with Crippen LogP contribution in [0.3, 0.4) is 0 Å². The van der Waals surface area contributed by atoms with Gasteiger partial charge in [0.25, 0.3) is 0 Å². The Morgan fingerprint density at radius 2 is 2.19 bits per heavy atom. The summed E-state index contributed by atoms with van der Waals surface area (Å²) in [5.74, 6) is 0.405. The number of thiophene rings is 1. The van der Waals surface area contributed by atoms with E-state index in [1.165, 1.54) is 23.1 Å². The fourth-order valence-electron chi connectivity index (χ4n) is 2.16. The third-order valence-electron chi connectivity index (χ3n) is 3.66. The molecule has 0 saturated heterocycles. The molecule has 0 radical (unpaired) electrons. The van der Waals surface area contributed by atoms with Crippen molar-refractivity contribution in [1.82, 2.24) is 15.1 Å². The number of hydrogen-bond donors (Lipinski definition) is 1. The molecule has 0 fully saturated rings. The summed E-state index contributed by atoms with van der Waals surface area (Å²) in [7, 11) is 1.82. The average molecular weight is 425 g/mol. The normalized spacial score (nSPS) is 10.7. The summed E-state index contributed by atoms with van der Waals surface area (Å²) in [5.41, 5.74) is 3.01. The molecule has 136 valence electrons. The molecule has 2 aromatic heterocycles. The highest BCUT2D eigenvalue weighted by Gasteiger charge is 2.13. The number of thioether (sulfide) groups is 1. The second-order valence-electron chi connectivity index (χ2n) is 5.58. The van der Waals surface area contributed by atoms with E-state index in [9.17, 15) is 4.79 Å². The second kappa shape index (κ2) is 8.85. The monoisotopic (exact) mass is 424 g/mol. The largest absolute Gasteiger partial charge is 0.341 e. The van der Waals surface area contributed by atoms with Gasteiger partial charge in [0.1, 0.15) is 0 Å². The molecule has 1 amide bonds. The Morgan fingerprint density at radius 1 is 1.35 bits per heavy atom. The van der Waals surface area contributed by atoms with Gasteiger partial charge in [0.15, 0.2) is 4.34 Å². The molecule has 0 bridgehead atoms. The number of aromatic nitrogens is 2. The van der Waals surface area contributed by atoms with Gasteiger partial charge < -0.3 is 10.2 Å². The van der Waals surface area contributed by atoms with Gasteiger partial charge in [0.05, 0.1) is 5.75 Å². The number of anilines is 2. The van der Waals surface area contributed by atoms with Crippen molar-refractivity contribution in [3.05, 3.63) is 51.2 Å². The first-order chi connectivity index (χ1) is 12.5. The smallest absolute Gasteiger partial charge is 0.233 e. The summed E-state index contributed by atoms with van der Waals surface area (Å²) in [6, 6.07) is 7.71. The van der Waals surface area contributed by atoms with E-state index < -0.39 is 0 Å². The van der Waals surface area contributed by atoms with Crippen LogP contribution in [0.5, 0.6) is 0 Å². The van der Waals surface area contributed by atoms with E-state index in [2.05, 4.69) is 20.9 Å². The van der Waals surface area contributed by atoms with Crippen LogP contribution in [0.2, 0.25) is 5.02 Å². The zero-order chi connectivity index (χ0) is 18.5. The van der Waals surface area contributed by atoms with E-state index in [0.717, 1.165) is 21.2 Å². The summed E-state index contributed by atoms with van der Waals surface area (Å²) in [5, 5.41) is 16.9. The molecule has 26 heavy (non-hydrogen) atoms. The number of nitrogens with one attached hydrogen (secondary N) is 1. The molecule has 0 aliphatic carbocycles. The molecule has 3 rings (SSSR count). The molecule has 0 saturated carbocycles. The number of benzene rings is 1. The lowest BCUT2D eigenvalue weighted by atomic mass is 10.2. The fraction of sp³-hybridized carbons (Fsp3) is 0.235. The Morgan fingerprint density at radius 3 is 2.96 bits per heavy atom. The van der Waals surface area contributed by atoms with Crippen LogP contribution in [-0.4, -0.2) is 33.8 Å². The number of hydrogen-bond acceptors (Lipinski definition) is 7. The second-order valence-corrected chi connectivity index (χ2v) is 8.97. The summed E-state index contributed by atoms with van der Waals surface area (Å²) in [4.78, 5) is 14.0. The van der Waals surface area contributed by atoms with E-state index in [1.54, 1.807) is 16.2 Å². The topological polar surface area (TPSA) is 58.1 Å². The first kappa shape index (κ1) is 19.2. The minimum Gasteiger partial charge on any atom is -0.341 e. The third kappa shape index (κ3) is 4.97. The van der Waals surface area contributed by atoms with E-state index in [1.807, 2.05) is 43.6 Å². The fourth-order valence-corrected chi connectivity index (χ4v) is 4.69. The van der Waals surface area contributed by atoms with Gasteiger partial charge in [-0.25, -0.2) is 0 Å². The molecule has 0 aliphatic heterocycles. The minimum atomic E-state index is 0.0663. The van der Waals surface area contributed by atoms with Crippen molar-refractivity contribution in [3.8, 4) is 0 Å². The highest BCUT2D eigenvalue weighted by atomic mass is 35.5. The summed E-state index contributed by atoms with van der Waals surface area (Å²) >= 11 is 10.6. The van der Waals surface area contributed by atoms with Gasteiger partial charge in [0.2, 0.25) is 11.0 Å². The van der Waals surface area contributed by atoms with Crippen molar-refractivity contribution in [1.29, 1.82) is 0 Å². The van der Waals surface area contributed by atoms with Gasteiger partial charge in [-0.05, 0) is 47.0 Å². The minimum absolute atomic E-state index is 0.0663. The highest BCUT2D eigenvalue weighted by Crippen LogP contribution is 2.30. The molecule has 1 N–H and O–H groups in total. The number of rotatable bonds is 7. The Kier molecular flexibility index (Phi) is 6.53. The van der Waals surface area contributed by atoms with Crippen molar-refractivity contribution in [3.63, 3.8) is 0 Å². The number of amides is 1. The van der Waals surface area contributed by atoms with Crippen LogP contribution < -0.4 is 5.32 Å². The predicted molar refractivity (Wildman–Crippen MR) is 111 cm³/mol.